The van der Waals surface area contributed by atoms with Crippen LogP contribution in [0.25, 0.3) is 16.9 Å². The second-order valence-electron chi connectivity index (χ2n) is 11.9. The van der Waals surface area contributed by atoms with E-state index in [1.54, 1.807) is 19.1 Å². The zero-order valence-corrected chi connectivity index (χ0v) is 28.8. The molecule has 3 heteroatoms. The van der Waals surface area contributed by atoms with Crippen molar-refractivity contribution in [3.05, 3.63) is 87.5 Å². The Bertz CT molecular complexity index is 1130. The monoisotopic (exact) mass is 614 g/mol. The van der Waals surface area contributed by atoms with Crippen LogP contribution in [0.4, 0.5) is 0 Å². The summed E-state index contributed by atoms with van der Waals surface area (Å²) in [6.45, 7) is 9.08. The molecule has 0 saturated carbocycles. The average molecular weight is 616 g/mol. The fourth-order valence-electron chi connectivity index (χ4n) is 5.95. The molecule has 0 fully saturated rings. The van der Waals surface area contributed by atoms with Gasteiger partial charge in [0.25, 0.3) is 0 Å². The normalized spacial score (nSPS) is 13.2. The van der Waals surface area contributed by atoms with Gasteiger partial charge in [0, 0.05) is 22.3 Å². The summed E-state index contributed by atoms with van der Waals surface area (Å²) in [5.41, 5.74) is 21.8. The number of aryl methyl sites for hydroxylation is 2. The van der Waals surface area contributed by atoms with Crippen molar-refractivity contribution in [3.8, 4) is 0 Å². The van der Waals surface area contributed by atoms with E-state index in [9.17, 15) is 5.53 Å². The van der Waals surface area contributed by atoms with Gasteiger partial charge in [-0.2, -0.15) is 0 Å². The van der Waals surface area contributed by atoms with Crippen LogP contribution < -0.4 is 0 Å². The quantitative estimate of drug-likeness (QED) is 0.0854. The van der Waals surface area contributed by atoms with Crippen molar-refractivity contribution in [1.82, 2.24) is 0 Å². The van der Waals surface area contributed by atoms with Gasteiger partial charge in [-0.25, -0.2) is 4.70 Å². The van der Waals surface area contributed by atoms with Gasteiger partial charge in [-0.1, -0.05) is 110 Å². The van der Waals surface area contributed by atoms with Crippen molar-refractivity contribution < 1.29 is 19.1 Å². The fourth-order valence-corrected chi connectivity index (χ4v) is 5.95. The SMILES string of the molecule is CCCCCCc1cccc(C2=C(CCCC)C(CCCCC)=C(c3cccc(CCCCCC)c3)[N+]2=[N-])c1.[CH3][Ni][CH3]. The van der Waals surface area contributed by atoms with E-state index in [1.807, 2.05) is 0 Å². The molecule has 0 spiro atoms. The molecule has 2 aromatic carbocycles. The molecular formula is C39H60N2Ni. The maximum atomic E-state index is 11.9. The summed E-state index contributed by atoms with van der Waals surface area (Å²) >= 11 is 1.62. The molecule has 0 radical (unpaired) electrons. The fraction of sp³-hybridized carbons (Fsp3) is 0.590. The Balaban J connectivity index is 0.00000197. The first-order valence-electron chi connectivity index (χ1n) is 16.9. The standard InChI is InChI=1S/C37H54N2.2CH3.Ni/c1-5-9-13-16-20-30-22-18-24-32(28-30)36-34(26-12-8-4)35(27-15-11-7-3)37(39(36)38)33-25-19-23-31(29-33)21-17-14-10-6-2;;;/h18-19,22-25,28-29H,5-17,20-21,26-27H2,1-4H3;2*1H3;. The van der Waals surface area contributed by atoms with E-state index in [4.69, 9.17) is 0 Å². The Hall–Kier alpha value is -1.99. The second-order valence-corrected chi connectivity index (χ2v) is 12.9. The third-order valence-corrected chi connectivity index (χ3v) is 8.21. The topological polar surface area (TPSA) is 25.3 Å². The van der Waals surface area contributed by atoms with Crippen LogP contribution >= 0.6 is 0 Å². The van der Waals surface area contributed by atoms with E-state index in [-0.39, 0.29) is 0 Å². The maximum absolute atomic E-state index is 11.9. The van der Waals surface area contributed by atoms with E-state index in [2.05, 4.69) is 88.0 Å². The van der Waals surface area contributed by atoms with Gasteiger partial charge in [-0.15, -0.1) is 0 Å². The molecule has 0 bridgehead atoms. The predicted molar refractivity (Wildman–Crippen MR) is 181 cm³/mol. The van der Waals surface area contributed by atoms with E-state index in [0.717, 1.165) is 61.0 Å². The number of allylic oxidation sites excluding steroid dienone is 2. The van der Waals surface area contributed by atoms with Gasteiger partial charge < -0.3 is 5.53 Å². The van der Waals surface area contributed by atoms with E-state index < -0.39 is 0 Å². The molecule has 236 valence electrons. The first-order chi connectivity index (χ1) is 20.6. The number of rotatable bonds is 19. The zero-order chi connectivity index (χ0) is 30.6. The number of hydrogen-bond acceptors (Lipinski definition) is 0. The van der Waals surface area contributed by atoms with E-state index >= 15 is 0 Å². The predicted octanol–water partition coefficient (Wildman–Crippen LogP) is 13.0. The van der Waals surface area contributed by atoms with Crippen LogP contribution in [0, 0.1) is 0 Å². The number of unbranched alkanes of at least 4 members (excludes halogenated alkanes) is 9. The van der Waals surface area contributed by atoms with Gasteiger partial charge in [0.05, 0.1) is 0 Å². The van der Waals surface area contributed by atoms with Gasteiger partial charge in [-0.3, -0.25) is 0 Å². The molecule has 0 atom stereocenters. The molecule has 1 aliphatic heterocycles. The summed E-state index contributed by atoms with van der Waals surface area (Å²) in [5, 5.41) is 0. The van der Waals surface area contributed by atoms with Crippen molar-refractivity contribution in [3.63, 3.8) is 0 Å². The molecule has 0 aromatic heterocycles. The van der Waals surface area contributed by atoms with E-state index in [1.165, 1.54) is 92.9 Å². The molecule has 1 heterocycles. The molecular weight excluding hydrogens is 555 g/mol. The van der Waals surface area contributed by atoms with E-state index in [0.29, 0.717) is 0 Å². The zero-order valence-electron chi connectivity index (χ0n) is 27.9. The summed E-state index contributed by atoms with van der Waals surface area (Å²) in [6, 6.07) is 18.0. The summed E-state index contributed by atoms with van der Waals surface area (Å²) in [6.07, 6.45) is 20.4. The number of nitrogens with zero attached hydrogens (tertiary/aromatic N) is 2. The molecule has 0 amide bonds. The van der Waals surface area contributed by atoms with Gasteiger partial charge in [-0.05, 0) is 86.8 Å². The van der Waals surface area contributed by atoms with Crippen molar-refractivity contribution in [2.75, 3.05) is 0 Å². The number of hydrogen-bond donors (Lipinski definition) is 0. The molecule has 0 unspecified atom stereocenters. The van der Waals surface area contributed by atoms with Gasteiger partial charge in [0.1, 0.15) is 0 Å². The summed E-state index contributed by atoms with van der Waals surface area (Å²) in [5.74, 6) is 4.12. The first kappa shape index (κ1) is 36.2. The Labute approximate surface area is 265 Å². The van der Waals surface area contributed by atoms with Crippen molar-refractivity contribution in [2.45, 2.75) is 149 Å². The molecule has 42 heavy (non-hydrogen) atoms. The Morgan fingerprint density at radius 2 is 0.905 bits per heavy atom. The Morgan fingerprint density at radius 1 is 0.524 bits per heavy atom. The summed E-state index contributed by atoms with van der Waals surface area (Å²) in [7, 11) is 0. The van der Waals surface area contributed by atoms with Crippen molar-refractivity contribution >= 4 is 11.4 Å². The number of benzene rings is 2. The first-order valence-corrected chi connectivity index (χ1v) is 18.9. The van der Waals surface area contributed by atoms with Crippen LogP contribution in [-0.2, 0) is 27.3 Å². The summed E-state index contributed by atoms with van der Waals surface area (Å²) in [4.78, 5) is 0. The molecule has 1 aliphatic rings. The van der Waals surface area contributed by atoms with Gasteiger partial charge in [0.15, 0.2) is 0 Å². The molecule has 0 aliphatic carbocycles. The van der Waals surface area contributed by atoms with Crippen LogP contribution in [0.3, 0.4) is 0 Å². The molecule has 3 rings (SSSR count). The molecule has 2 nitrogen and oxygen atoms in total. The van der Waals surface area contributed by atoms with Crippen LogP contribution in [0.15, 0.2) is 59.7 Å². The van der Waals surface area contributed by atoms with Crippen LogP contribution in [-0.4, -0.2) is 4.70 Å². The third-order valence-electron chi connectivity index (χ3n) is 8.21. The minimum atomic E-state index is 1.02. The van der Waals surface area contributed by atoms with Crippen LogP contribution in [0.5, 0.6) is 0 Å². The minimum absolute atomic E-state index is 1.02. The average Bonchev–Trinajstić information content (AvgIpc) is 3.28. The van der Waals surface area contributed by atoms with Crippen LogP contribution in [0.2, 0.25) is 11.8 Å². The molecule has 2 aromatic rings. The summed E-state index contributed by atoms with van der Waals surface area (Å²) < 4.78 is 1.57. The second kappa shape index (κ2) is 21.7. The molecule has 0 N–H and O–H groups in total. The Kier molecular flexibility index (Phi) is 18.7. The van der Waals surface area contributed by atoms with Gasteiger partial charge >= 0.3 is 26.2 Å². The van der Waals surface area contributed by atoms with Crippen molar-refractivity contribution in [2.24, 2.45) is 0 Å². The van der Waals surface area contributed by atoms with Crippen molar-refractivity contribution in [1.29, 1.82) is 0 Å². The van der Waals surface area contributed by atoms with Gasteiger partial charge in [0.2, 0.25) is 11.4 Å². The Morgan fingerprint density at radius 3 is 1.33 bits per heavy atom. The third kappa shape index (κ3) is 11.6. The van der Waals surface area contributed by atoms with Crippen LogP contribution in [0.1, 0.15) is 146 Å². The molecule has 0 saturated heterocycles.